The van der Waals surface area contributed by atoms with Gasteiger partial charge in [-0.25, -0.2) is 13.2 Å². The molecule has 3 amide bonds. The van der Waals surface area contributed by atoms with Gasteiger partial charge in [0.15, 0.2) is 0 Å². The number of urea groups is 1. The zero-order valence-corrected chi connectivity index (χ0v) is 25.7. The number of hydrogen-bond acceptors (Lipinski definition) is 6. The van der Waals surface area contributed by atoms with Crippen molar-refractivity contribution in [3.05, 3.63) is 102 Å². The lowest BCUT2D eigenvalue weighted by molar-refractivity contribution is -0.123. The van der Waals surface area contributed by atoms with Crippen LogP contribution in [0, 0.1) is 5.92 Å². The van der Waals surface area contributed by atoms with Crippen LogP contribution in [-0.2, 0) is 22.2 Å². The van der Waals surface area contributed by atoms with Crippen LogP contribution in [0.2, 0.25) is 0 Å². The lowest BCUT2D eigenvalue weighted by Crippen LogP contribution is -2.53. The average molecular weight is 610 g/mol. The standard InChI is InChI=1S/C32H43N5O5S/c1-24(2)22-37(43(41)42)28(23-38)15-9-10-18-34-31(39)30(36-32(40)35-21-25-16-19-33-20-17-25)29(26-11-5-3-6-12-26)27-13-7-4-8-14-27/h3-8,11-14,16-17,19-20,24,28-30,38,43H,9-10,15,18,21-23H2,1-2H3,(H,34,39)(H2,35,36,40)/t28-,30-/m0/s1. The highest BCUT2D eigenvalue weighted by atomic mass is 32.2. The molecule has 3 rings (SSSR count). The third kappa shape index (κ3) is 11.1. The first kappa shape index (κ1) is 33.7. The molecule has 0 aliphatic rings. The molecular weight excluding hydrogens is 566 g/mol. The number of aliphatic hydroxyl groups is 1. The molecule has 2 atom stereocenters. The fourth-order valence-corrected chi connectivity index (χ4v) is 5.87. The molecule has 0 saturated carbocycles. The Morgan fingerprint density at radius 3 is 2.02 bits per heavy atom. The van der Waals surface area contributed by atoms with E-state index in [4.69, 9.17) is 0 Å². The van der Waals surface area contributed by atoms with Crippen LogP contribution in [0.5, 0.6) is 0 Å². The van der Waals surface area contributed by atoms with Crippen molar-refractivity contribution in [1.29, 1.82) is 0 Å². The number of thiol groups is 1. The second-order valence-corrected chi connectivity index (χ2v) is 11.8. The molecule has 0 unspecified atom stereocenters. The molecule has 4 N–H and O–H groups in total. The zero-order chi connectivity index (χ0) is 31.0. The predicted octanol–water partition coefficient (Wildman–Crippen LogP) is 3.21. The number of nitrogens with zero attached hydrogens (tertiary/aromatic N) is 2. The van der Waals surface area contributed by atoms with Crippen molar-refractivity contribution in [2.45, 2.75) is 57.7 Å². The van der Waals surface area contributed by atoms with Crippen molar-refractivity contribution in [1.82, 2.24) is 25.2 Å². The highest BCUT2D eigenvalue weighted by molar-refractivity contribution is 7.69. The van der Waals surface area contributed by atoms with Crippen LogP contribution in [0.1, 0.15) is 55.7 Å². The molecule has 43 heavy (non-hydrogen) atoms. The summed E-state index contributed by atoms with van der Waals surface area (Å²) in [5.41, 5.74) is 2.64. The van der Waals surface area contributed by atoms with E-state index in [0.29, 0.717) is 32.4 Å². The van der Waals surface area contributed by atoms with Crippen molar-refractivity contribution in [2.24, 2.45) is 5.92 Å². The topological polar surface area (TPSA) is 141 Å². The van der Waals surface area contributed by atoms with E-state index >= 15 is 0 Å². The van der Waals surface area contributed by atoms with Crippen molar-refractivity contribution in [3.8, 4) is 0 Å². The maximum Gasteiger partial charge on any atom is 0.315 e. The first-order valence-electron chi connectivity index (χ1n) is 14.6. The average Bonchev–Trinajstić information content (AvgIpc) is 3.02. The van der Waals surface area contributed by atoms with Crippen molar-refractivity contribution in [2.75, 3.05) is 19.7 Å². The Bertz CT molecular complexity index is 1280. The number of aliphatic hydroxyl groups excluding tert-OH is 1. The lowest BCUT2D eigenvalue weighted by Gasteiger charge is -2.28. The Labute approximate surface area is 256 Å². The van der Waals surface area contributed by atoms with Crippen LogP contribution in [0.25, 0.3) is 0 Å². The van der Waals surface area contributed by atoms with Crippen LogP contribution < -0.4 is 16.0 Å². The van der Waals surface area contributed by atoms with Crippen LogP contribution in [0.4, 0.5) is 4.79 Å². The van der Waals surface area contributed by atoms with E-state index in [1.807, 2.05) is 74.5 Å². The van der Waals surface area contributed by atoms with Gasteiger partial charge in [0, 0.05) is 44.0 Å². The third-order valence-electron chi connectivity index (χ3n) is 7.08. The monoisotopic (exact) mass is 609 g/mol. The van der Waals surface area contributed by atoms with Gasteiger partial charge in [0.2, 0.25) is 16.8 Å². The quantitative estimate of drug-likeness (QED) is 0.118. The second kappa shape index (κ2) is 18.0. The number of aromatic nitrogens is 1. The Morgan fingerprint density at radius 1 is 0.884 bits per heavy atom. The molecule has 11 heteroatoms. The Balaban J connectivity index is 1.71. The number of amides is 3. The maximum absolute atomic E-state index is 13.7. The number of nitrogens with one attached hydrogen (secondary N) is 3. The molecule has 1 aromatic heterocycles. The van der Waals surface area contributed by atoms with E-state index < -0.39 is 34.9 Å². The summed E-state index contributed by atoms with van der Waals surface area (Å²) in [6.45, 7) is 4.54. The molecule has 0 bridgehead atoms. The van der Waals surface area contributed by atoms with Gasteiger partial charge in [-0.3, -0.25) is 9.78 Å². The predicted molar refractivity (Wildman–Crippen MR) is 168 cm³/mol. The summed E-state index contributed by atoms with van der Waals surface area (Å²) in [6.07, 6.45) is 4.96. The number of carbonyl (C=O) groups excluding carboxylic acids is 2. The molecule has 3 aromatic rings. The molecule has 0 fully saturated rings. The molecular formula is C32H43N5O5S. The number of unbranched alkanes of at least 4 members (excludes halogenated alkanes) is 1. The summed E-state index contributed by atoms with van der Waals surface area (Å²) >= 11 is 0. The summed E-state index contributed by atoms with van der Waals surface area (Å²) in [4.78, 5) is 30.8. The van der Waals surface area contributed by atoms with Crippen LogP contribution in [-0.4, -0.2) is 66.5 Å². The smallest absolute Gasteiger partial charge is 0.315 e. The first-order chi connectivity index (χ1) is 20.8. The summed E-state index contributed by atoms with van der Waals surface area (Å²) in [6, 6.07) is 20.9. The van der Waals surface area contributed by atoms with Crippen molar-refractivity contribution < 1.29 is 23.1 Å². The summed E-state index contributed by atoms with van der Waals surface area (Å²) < 4.78 is 24.8. The summed E-state index contributed by atoms with van der Waals surface area (Å²) in [7, 11) is -2.81. The van der Waals surface area contributed by atoms with Crippen LogP contribution in [0.3, 0.4) is 0 Å². The number of benzene rings is 2. The van der Waals surface area contributed by atoms with Gasteiger partial charge in [0.05, 0.1) is 6.61 Å². The number of rotatable bonds is 17. The van der Waals surface area contributed by atoms with E-state index in [1.54, 1.807) is 24.5 Å². The van der Waals surface area contributed by atoms with Gasteiger partial charge in [0.25, 0.3) is 0 Å². The Kier molecular flexibility index (Phi) is 14.1. The van der Waals surface area contributed by atoms with Crippen LogP contribution >= 0.6 is 0 Å². The lowest BCUT2D eigenvalue weighted by atomic mass is 9.84. The van der Waals surface area contributed by atoms with Gasteiger partial charge in [-0.15, -0.1) is 0 Å². The molecule has 232 valence electrons. The summed E-state index contributed by atoms with van der Waals surface area (Å²) in [5.74, 6) is -0.653. The minimum atomic E-state index is -2.81. The van der Waals surface area contributed by atoms with E-state index in [1.165, 1.54) is 4.31 Å². The minimum absolute atomic E-state index is 0.134. The Hall–Kier alpha value is -3.80. The largest absolute Gasteiger partial charge is 0.395 e. The van der Waals surface area contributed by atoms with Gasteiger partial charge in [0.1, 0.15) is 6.04 Å². The van der Waals surface area contributed by atoms with E-state index in [2.05, 4.69) is 20.9 Å². The highest BCUT2D eigenvalue weighted by Crippen LogP contribution is 2.28. The first-order valence-corrected chi connectivity index (χ1v) is 15.8. The number of carbonyl (C=O) groups is 2. The normalized spacial score (nSPS) is 12.8. The summed E-state index contributed by atoms with van der Waals surface area (Å²) in [5, 5.41) is 18.5. The van der Waals surface area contributed by atoms with Gasteiger partial charge < -0.3 is 21.1 Å². The highest BCUT2D eigenvalue weighted by Gasteiger charge is 2.32. The minimum Gasteiger partial charge on any atom is -0.395 e. The molecule has 0 saturated heterocycles. The van der Waals surface area contributed by atoms with Gasteiger partial charge in [-0.05, 0) is 47.6 Å². The van der Waals surface area contributed by atoms with Crippen molar-refractivity contribution >= 4 is 22.8 Å². The molecule has 2 aromatic carbocycles. The van der Waals surface area contributed by atoms with E-state index in [0.717, 1.165) is 16.7 Å². The fraction of sp³-hybridized carbons (Fsp3) is 0.406. The van der Waals surface area contributed by atoms with Gasteiger partial charge >= 0.3 is 6.03 Å². The number of hydrogen-bond donors (Lipinski definition) is 5. The SMILES string of the molecule is CC(C)CN([C@H](CO)CCCCNC(=O)[C@@H](NC(=O)NCc1ccncc1)C(c1ccccc1)c1ccccc1)[SH](=O)=O. The molecule has 0 spiro atoms. The molecule has 1 heterocycles. The van der Waals surface area contributed by atoms with E-state index in [9.17, 15) is 23.1 Å². The van der Waals surface area contributed by atoms with Gasteiger partial charge in [-0.1, -0.05) is 80.9 Å². The van der Waals surface area contributed by atoms with Crippen LogP contribution in [0.15, 0.2) is 85.2 Å². The van der Waals surface area contributed by atoms with E-state index in [-0.39, 0.29) is 25.0 Å². The second-order valence-electron chi connectivity index (χ2n) is 10.8. The number of pyridine rings is 1. The third-order valence-corrected chi connectivity index (χ3v) is 7.99. The molecule has 10 nitrogen and oxygen atoms in total. The molecule has 0 radical (unpaired) electrons. The fourth-order valence-electron chi connectivity index (χ4n) is 4.96. The zero-order valence-electron chi connectivity index (χ0n) is 24.8. The molecule has 0 aliphatic carbocycles. The maximum atomic E-state index is 13.7. The molecule has 0 aliphatic heterocycles. The van der Waals surface area contributed by atoms with Crippen molar-refractivity contribution in [3.63, 3.8) is 0 Å². The Morgan fingerprint density at radius 2 is 1.49 bits per heavy atom. The van der Waals surface area contributed by atoms with Gasteiger partial charge in [-0.2, -0.15) is 4.31 Å².